The highest BCUT2D eigenvalue weighted by Gasteiger charge is 1.94. The van der Waals surface area contributed by atoms with E-state index >= 15 is 0 Å². The van der Waals surface area contributed by atoms with E-state index < -0.39 is 0 Å². The van der Waals surface area contributed by atoms with Gasteiger partial charge in [0.15, 0.2) is 4.77 Å². The number of hydrogen-bond acceptors (Lipinski definition) is 3. The molecule has 0 saturated heterocycles. The fraction of sp³-hybridized carbons (Fsp3) is 0.333. The summed E-state index contributed by atoms with van der Waals surface area (Å²) >= 11 is 4.71. The molecule has 0 saturated carbocycles. The fourth-order valence-corrected chi connectivity index (χ4v) is 0.911. The van der Waals surface area contributed by atoms with Crippen LogP contribution in [0.5, 0.6) is 0 Å². The van der Waals surface area contributed by atoms with Gasteiger partial charge in [0.1, 0.15) is 0 Å². The summed E-state index contributed by atoms with van der Waals surface area (Å²) in [6.45, 7) is 0.543. The van der Waals surface area contributed by atoms with Crippen LogP contribution in [0.1, 0.15) is 5.56 Å². The molecule has 5 heteroatoms. The molecule has 1 rings (SSSR count). The lowest BCUT2D eigenvalue weighted by atomic mass is 10.3. The average molecular weight is 171 g/mol. The molecule has 0 aliphatic heterocycles. The number of aromatic nitrogens is 2. The maximum atomic E-state index is 11.0. The molecule has 0 aliphatic rings. The molecule has 60 valence electrons. The Morgan fingerprint density at radius 3 is 3.00 bits per heavy atom. The van der Waals surface area contributed by atoms with Crippen molar-refractivity contribution < 1.29 is 0 Å². The van der Waals surface area contributed by atoms with Gasteiger partial charge in [0, 0.05) is 18.3 Å². The van der Waals surface area contributed by atoms with E-state index in [1.54, 1.807) is 13.2 Å². The minimum Gasteiger partial charge on any atom is -0.338 e. The van der Waals surface area contributed by atoms with Gasteiger partial charge in [0.05, 0.1) is 0 Å². The van der Waals surface area contributed by atoms with Gasteiger partial charge in [-0.3, -0.25) is 9.78 Å². The van der Waals surface area contributed by atoms with Crippen LogP contribution in [0, 0.1) is 4.77 Å². The number of rotatable bonds is 2. The van der Waals surface area contributed by atoms with Gasteiger partial charge in [0.2, 0.25) is 0 Å². The number of hydrogen-bond donors (Lipinski definition) is 3. The third-order valence-corrected chi connectivity index (χ3v) is 1.48. The molecule has 3 N–H and O–H groups in total. The highest BCUT2D eigenvalue weighted by molar-refractivity contribution is 7.71. The first kappa shape index (κ1) is 8.16. The number of nitrogens with one attached hydrogen (secondary N) is 3. The summed E-state index contributed by atoms with van der Waals surface area (Å²) in [5, 5.41) is 2.87. The second kappa shape index (κ2) is 3.45. The second-order valence-electron chi connectivity index (χ2n) is 2.13. The van der Waals surface area contributed by atoms with Crippen LogP contribution in [0.2, 0.25) is 0 Å². The molecule has 11 heavy (non-hydrogen) atoms. The Kier molecular flexibility index (Phi) is 2.56. The average Bonchev–Trinajstić information content (AvgIpc) is 1.95. The van der Waals surface area contributed by atoms with Crippen molar-refractivity contribution >= 4 is 12.2 Å². The van der Waals surface area contributed by atoms with Crippen molar-refractivity contribution in [3.63, 3.8) is 0 Å². The minimum absolute atomic E-state index is 0.136. The Bertz CT molecular complexity index is 340. The number of H-pyrrole nitrogens is 2. The lowest BCUT2D eigenvalue weighted by Crippen LogP contribution is -2.18. The molecule has 0 aliphatic carbocycles. The van der Waals surface area contributed by atoms with Crippen LogP contribution in [0.4, 0.5) is 0 Å². The Balaban J connectivity index is 3.10. The van der Waals surface area contributed by atoms with E-state index in [1.807, 2.05) is 0 Å². The van der Waals surface area contributed by atoms with Gasteiger partial charge < -0.3 is 10.3 Å². The minimum atomic E-state index is -0.136. The van der Waals surface area contributed by atoms with Crippen LogP contribution < -0.4 is 10.9 Å². The quantitative estimate of drug-likeness (QED) is 0.555. The van der Waals surface area contributed by atoms with Crippen LogP contribution in [-0.2, 0) is 6.54 Å². The van der Waals surface area contributed by atoms with Gasteiger partial charge in [-0.15, -0.1) is 0 Å². The van der Waals surface area contributed by atoms with Crippen LogP contribution >= 0.6 is 12.2 Å². The van der Waals surface area contributed by atoms with Crippen molar-refractivity contribution in [2.75, 3.05) is 7.05 Å². The molecule has 4 nitrogen and oxygen atoms in total. The van der Waals surface area contributed by atoms with E-state index in [0.717, 1.165) is 0 Å². The van der Waals surface area contributed by atoms with Crippen LogP contribution in [-0.4, -0.2) is 17.0 Å². The summed E-state index contributed by atoms with van der Waals surface area (Å²) in [5.74, 6) is 0. The van der Waals surface area contributed by atoms with Crippen molar-refractivity contribution in [2.24, 2.45) is 0 Å². The molecule has 0 bridgehead atoms. The first-order chi connectivity index (χ1) is 5.24. The van der Waals surface area contributed by atoms with Crippen molar-refractivity contribution in [1.29, 1.82) is 0 Å². The van der Waals surface area contributed by atoms with E-state index in [-0.39, 0.29) is 5.56 Å². The van der Waals surface area contributed by atoms with Gasteiger partial charge >= 0.3 is 0 Å². The Labute approximate surface area is 68.7 Å². The maximum absolute atomic E-state index is 11.0. The highest BCUT2D eigenvalue weighted by Crippen LogP contribution is 1.84. The van der Waals surface area contributed by atoms with Crippen LogP contribution in [0.25, 0.3) is 0 Å². The van der Waals surface area contributed by atoms with Crippen molar-refractivity contribution in [1.82, 2.24) is 15.3 Å². The first-order valence-electron chi connectivity index (χ1n) is 3.19. The largest absolute Gasteiger partial charge is 0.338 e. The third-order valence-electron chi connectivity index (χ3n) is 1.26. The normalized spacial score (nSPS) is 9.91. The zero-order chi connectivity index (χ0) is 8.27. The Morgan fingerprint density at radius 2 is 2.45 bits per heavy atom. The lowest BCUT2D eigenvalue weighted by Gasteiger charge is -1.96. The SMILES string of the molecule is CNCc1c[nH]c(=S)[nH]c1=O. The summed E-state index contributed by atoms with van der Waals surface area (Å²) in [6.07, 6.45) is 1.61. The smallest absolute Gasteiger partial charge is 0.256 e. The summed E-state index contributed by atoms with van der Waals surface area (Å²) in [7, 11) is 1.78. The van der Waals surface area contributed by atoms with Crippen molar-refractivity contribution in [3.05, 3.63) is 26.9 Å². The Morgan fingerprint density at radius 1 is 1.73 bits per heavy atom. The molecule has 0 atom stereocenters. The zero-order valence-electron chi connectivity index (χ0n) is 6.10. The van der Waals surface area contributed by atoms with Gasteiger partial charge in [-0.05, 0) is 19.3 Å². The molecule has 1 heterocycles. The van der Waals surface area contributed by atoms with Gasteiger partial charge in [-0.25, -0.2) is 0 Å². The molecule has 0 unspecified atom stereocenters. The van der Waals surface area contributed by atoms with Crippen LogP contribution in [0.3, 0.4) is 0 Å². The summed E-state index contributed by atoms with van der Waals surface area (Å²) in [4.78, 5) is 16.3. The fourth-order valence-electron chi connectivity index (χ4n) is 0.759. The molecule has 0 radical (unpaired) electrons. The van der Waals surface area contributed by atoms with E-state index in [1.165, 1.54) is 0 Å². The van der Waals surface area contributed by atoms with Gasteiger partial charge in [0.25, 0.3) is 5.56 Å². The predicted molar refractivity (Wildman–Crippen MR) is 45.0 cm³/mol. The molecular weight excluding hydrogens is 162 g/mol. The second-order valence-corrected chi connectivity index (χ2v) is 2.54. The van der Waals surface area contributed by atoms with E-state index in [9.17, 15) is 4.79 Å². The van der Waals surface area contributed by atoms with Crippen molar-refractivity contribution in [2.45, 2.75) is 6.54 Å². The van der Waals surface area contributed by atoms with E-state index in [2.05, 4.69) is 15.3 Å². The predicted octanol–water partition coefficient (Wildman–Crippen LogP) is 0.152. The van der Waals surface area contributed by atoms with Gasteiger partial charge in [-0.1, -0.05) is 0 Å². The molecule has 0 spiro atoms. The highest BCUT2D eigenvalue weighted by atomic mass is 32.1. The van der Waals surface area contributed by atoms with E-state index in [0.29, 0.717) is 16.9 Å². The molecule has 1 aromatic heterocycles. The first-order valence-corrected chi connectivity index (χ1v) is 3.60. The zero-order valence-corrected chi connectivity index (χ0v) is 6.92. The molecule has 0 fully saturated rings. The monoisotopic (exact) mass is 171 g/mol. The maximum Gasteiger partial charge on any atom is 0.256 e. The van der Waals surface area contributed by atoms with Crippen LogP contribution in [0.15, 0.2) is 11.0 Å². The molecule has 0 aromatic carbocycles. The third kappa shape index (κ3) is 1.99. The number of aromatic amines is 2. The lowest BCUT2D eigenvalue weighted by molar-refractivity contribution is 0.795. The summed E-state index contributed by atoms with van der Waals surface area (Å²) in [6, 6.07) is 0. The summed E-state index contributed by atoms with van der Waals surface area (Å²) < 4.78 is 0.356. The van der Waals surface area contributed by atoms with Crippen molar-refractivity contribution in [3.8, 4) is 0 Å². The standard InChI is InChI=1S/C6H9N3OS/c1-7-2-4-3-8-6(11)9-5(4)10/h3,7H,2H2,1H3,(H2,8,9,10,11). The molecular formula is C6H9N3OS. The molecule has 0 amide bonds. The van der Waals surface area contributed by atoms with E-state index in [4.69, 9.17) is 12.2 Å². The summed E-state index contributed by atoms with van der Waals surface area (Å²) in [5.41, 5.74) is 0.518. The Hall–Kier alpha value is -0.940. The topological polar surface area (TPSA) is 60.7 Å². The molecule has 1 aromatic rings. The van der Waals surface area contributed by atoms with Gasteiger partial charge in [-0.2, -0.15) is 0 Å².